The second kappa shape index (κ2) is 9.12. The molecule has 1 atom stereocenters. The van der Waals surface area contributed by atoms with Crippen molar-refractivity contribution in [1.29, 1.82) is 0 Å². The van der Waals surface area contributed by atoms with Crippen LogP contribution in [-0.4, -0.2) is 81.8 Å². The summed E-state index contributed by atoms with van der Waals surface area (Å²) in [5.74, 6) is -0.434. The molecule has 2 aliphatic heterocycles. The largest absolute Gasteiger partial charge is 0.342 e. The first-order valence-electron chi connectivity index (χ1n) is 9.97. The zero-order chi connectivity index (χ0) is 22.1. The zero-order valence-corrected chi connectivity index (χ0v) is 19.6. The molecule has 8 nitrogen and oxygen atoms in total. The Morgan fingerprint density at radius 1 is 1.03 bits per heavy atom. The first-order valence-corrected chi connectivity index (χ1v) is 13.6. The van der Waals surface area contributed by atoms with Crippen molar-refractivity contribution < 1.29 is 21.6 Å². The molecule has 0 aliphatic carbocycles. The lowest BCUT2D eigenvalue weighted by molar-refractivity contribution is -0.138. The van der Waals surface area contributed by atoms with Crippen LogP contribution in [-0.2, 0) is 24.8 Å². The molecular weight excluding hydrogens is 450 g/mol. The number of hydrogen-bond acceptors (Lipinski definition) is 5. The maximum atomic E-state index is 13.0. The van der Waals surface area contributed by atoms with E-state index in [9.17, 15) is 21.6 Å². The van der Waals surface area contributed by atoms with Crippen LogP contribution in [0, 0.1) is 5.92 Å². The Balaban J connectivity index is 1.63. The highest BCUT2D eigenvalue weighted by Crippen LogP contribution is 2.27. The van der Waals surface area contributed by atoms with Gasteiger partial charge in [-0.2, -0.15) is 4.31 Å². The van der Waals surface area contributed by atoms with Crippen LogP contribution in [0.1, 0.15) is 25.7 Å². The Hall–Kier alpha value is -1.20. The van der Waals surface area contributed by atoms with Gasteiger partial charge in [0.05, 0.1) is 17.1 Å². The van der Waals surface area contributed by atoms with E-state index in [-0.39, 0.29) is 29.3 Å². The monoisotopic (exact) mass is 477 g/mol. The predicted molar refractivity (Wildman–Crippen MR) is 115 cm³/mol. The SMILES string of the molecule is CN(C1CCN(C(=O)C2CCCN(S(=O)(=O)c3ccc(Cl)cc3)C2)CC1)S(C)(=O)=O. The lowest BCUT2D eigenvalue weighted by atomic mass is 9.96. The molecule has 2 aliphatic rings. The van der Waals surface area contributed by atoms with Crippen LogP contribution in [0.3, 0.4) is 0 Å². The number of benzene rings is 1. The molecule has 11 heteroatoms. The molecule has 0 saturated carbocycles. The number of hydrogen-bond donors (Lipinski definition) is 0. The van der Waals surface area contributed by atoms with E-state index in [2.05, 4.69) is 0 Å². The Kier molecular flexibility index (Phi) is 7.13. The van der Waals surface area contributed by atoms with Gasteiger partial charge in [-0.15, -0.1) is 0 Å². The van der Waals surface area contributed by atoms with Gasteiger partial charge in [-0.3, -0.25) is 4.79 Å². The summed E-state index contributed by atoms with van der Waals surface area (Å²) in [5.41, 5.74) is 0. The molecule has 1 aromatic rings. The number of halogens is 1. The molecule has 0 bridgehead atoms. The lowest BCUT2D eigenvalue weighted by Gasteiger charge is -2.39. The molecule has 2 heterocycles. The van der Waals surface area contributed by atoms with Gasteiger partial charge < -0.3 is 4.90 Å². The second-order valence-corrected chi connectivity index (χ2v) is 12.4. The third kappa shape index (κ3) is 5.16. The summed E-state index contributed by atoms with van der Waals surface area (Å²) in [6.45, 7) is 1.50. The number of carbonyl (C=O) groups excluding carboxylic acids is 1. The zero-order valence-electron chi connectivity index (χ0n) is 17.2. The number of sulfonamides is 2. The first kappa shape index (κ1) is 23.5. The van der Waals surface area contributed by atoms with Crippen LogP contribution in [0.25, 0.3) is 0 Å². The van der Waals surface area contributed by atoms with Crippen LogP contribution in [0.5, 0.6) is 0 Å². The summed E-state index contributed by atoms with van der Waals surface area (Å²) < 4.78 is 52.1. The minimum absolute atomic E-state index is 0.0496. The van der Waals surface area contributed by atoms with Crippen LogP contribution in [0.2, 0.25) is 5.02 Å². The van der Waals surface area contributed by atoms with Gasteiger partial charge in [0.1, 0.15) is 0 Å². The van der Waals surface area contributed by atoms with Crippen molar-refractivity contribution in [3.05, 3.63) is 29.3 Å². The number of nitrogens with zero attached hydrogens (tertiary/aromatic N) is 3. The summed E-state index contributed by atoms with van der Waals surface area (Å²) in [4.78, 5) is 15.0. The minimum Gasteiger partial charge on any atom is -0.342 e. The summed E-state index contributed by atoms with van der Waals surface area (Å²) in [6.07, 6.45) is 3.61. The number of piperidine rings is 2. The average molecular weight is 478 g/mol. The molecule has 1 amide bonds. The lowest BCUT2D eigenvalue weighted by Crippen LogP contribution is -2.51. The molecule has 0 N–H and O–H groups in total. The van der Waals surface area contributed by atoms with E-state index in [1.54, 1.807) is 24.1 Å². The number of likely N-dealkylation sites (tertiary alicyclic amines) is 1. The Labute approximate surface area is 183 Å². The molecule has 2 saturated heterocycles. The normalized spacial score (nSPS) is 22.4. The molecule has 0 radical (unpaired) electrons. The van der Waals surface area contributed by atoms with Gasteiger partial charge in [0, 0.05) is 44.3 Å². The Morgan fingerprint density at radius 3 is 2.20 bits per heavy atom. The van der Waals surface area contributed by atoms with E-state index in [0.29, 0.717) is 50.3 Å². The van der Waals surface area contributed by atoms with Gasteiger partial charge >= 0.3 is 0 Å². The van der Waals surface area contributed by atoms with E-state index in [1.807, 2.05) is 0 Å². The molecule has 3 rings (SSSR count). The third-order valence-corrected chi connectivity index (χ3v) is 9.47. The van der Waals surface area contributed by atoms with Gasteiger partial charge in [0.15, 0.2) is 0 Å². The summed E-state index contributed by atoms with van der Waals surface area (Å²) in [5, 5.41) is 0.463. The highest BCUT2D eigenvalue weighted by Gasteiger charge is 2.37. The maximum Gasteiger partial charge on any atom is 0.243 e. The molecule has 30 heavy (non-hydrogen) atoms. The van der Waals surface area contributed by atoms with Crippen LogP contribution in [0.4, 0.5) is 0 Å². The van der Waals surface area contributed by atoms with E-state index in [1.165, 1.54) is 27.0 Å². The molecular formula is C19H28ClN3O5S2. The minimum atomic E-state index is -3.68. The number of rotatable bonds is 5. The summed E-state index contributed by atoms with van der Waals surface area (Å²) >= 11 is 5.86. The Morgan fingerprint density at radius 2 is 1.63 bits per heavy atom. The predicted octanol–water partition coefficient (Wildman–Crippen LogP) is 1.62. The maximum absolute atomic E-state index is 13.0. The Bertz CT molecular complexity index is 974. The molecule has 168 valence electrons. The van der Waals surface area contributed by atoms with Crippen LogP contribution in [0.15, 0.2) is 29.2 Å². The fraction of sp³-hybridized carbons (Fsp3) is 0.632. The fourth-order valence-corrected chi connectivity index (χ4v) is 6.50. The highest BCUT2D eigenvalue weighted by atomic mass is 35.5. The van der Waals surface area contributed by atoms with Crippen molar-refractivity contribution in [3.8, 4) is 0 Å². The van der Waals surface area contributed by atoms with Crippen LogP contribution >= 0.6 is 11.6 Å². The molecule has 0 spiro atoms. The van der Waals surface area contributed by atoms with Gasteiger partial charge in [-0.1, -0.05) is 11.6 Å². The van der Waals surface area contributed by atoms with Gasteiger partial charge in [-0.05, 0) is 49.9 Å². The smallest absolute Gasteiger partial charge is 0.243 e. The van der Waals surface area contributed by atoms with E-state index in [0.717, 1.165) is 0 Å². The molecule has 1 unspecified atom stereocenters. The summed E-state index contributed by atoms with van der Waals surface area (Å²) in [6, 6.07) is 5.92. The summed E-state index contributed by atoms with van der Waals surface area (Å²) in [7, 11) is -5.38. The van der Waals surface area contributed by atoms with Gasteiger partial charge in [0.2, 0.25) is 26.0 Å². The third-order valence-electron chi connectivity index (χ3n) is 6.00. The van der Waals surface area contributed by atoms with Crippen molar-refractivity contribution in [3.63, 3.8) is 0 Å². The van der Waals surface area contributed by atoms with Crippen molar-refractivity contribution in [1.82, 2.24) is 13.5 Å². The topological polar surface area (TPSA) is 95.1 Å². The van der Waals surface area contributed by atoms with Gasteiger partial charge in [-0.25, -0.2) is 21.1 Å². The van der Waals surface area contributed by atoms with Crippen LogP contribution < -0.4 is 0 Å². The van der Waals surface area contributed by atoms with Crippen molar-refractivity contribution in [2.75, 3.05) is 39.5 Å². The quantitative estimate of drug-likeness (QED) is 0.642. The number of amides is 1. The second-order valence-electron chi connectivity index (χ2n) is 7.99. The first-order chi connectivity index (χ1) is 14.0. The number of carbonyl (C=O) groups is 1. The fourth-order valence-electron chi connectivity index (χ4n) is 4.10. The van der Waals surface area contributed by atoms with E-state index < -0.39 is 20.0 Å². The highest BCUT2D eigenvalue weighted by molar-refractivity contribution is 7.89. The van der Waals surface area contributed by atoms with Crippen molar-refractivity contribution in [2.45, 2.75) is 36.6 Å². The molecule has 1 aromatic carbocycles. The standard InChI is InChI=1S/C19H28ClN3O5S2/c1-21(29(2,25)26)17-9-12-22(13-10-17)19(24)15-4-3-11-23(14-15)30(27,28)18-7-5-16(20)6-8-18/h5-8,15,17H,3-4,9-14H2,1-2H3. The molecule has 0 aromatic heterocycles. The van der Waals surface area contributed by atoms with E-state index in [4.69, 9.17) is 11.6 Å². The van der Waals surface area contributed by atoms with Crippen molar-refractivity contribution >= 4 is 37.6 Å². The van der Waals surface area contributed by atoms with Gasteiger partial charge in [0.25, 0.3) is 0 Å². The molecule has 2 fully saturated rings. The average Bonchev–Trinajstić information content (AvgIpc) is 2.72. The van der Waals surface area contributed by atoms with Crippen molar-refractivity contribution in [2.24, 2.45) is 5.92 Å². The van der Waals surface area contributed by atoms with E-state index >= 15 is 0 Å².